The molecule has 4 aliphatic rings. The third-order valence-corrected chi connectivity index (χ3v) is 6.56. The van der Waals surface area contributed by atoms with Crippen LogP contribution in [0.1, 0.15) is 34.8 Å². The molecule has 0 aliphatic carbocycles. The second-order valence-corrected chi connectivity index (χ2v) is 7.79. The Morgan fingerprint density at radius 2 is 2.04 bits per heavy atom. The van der Waals surface area contributed by atoms with E-state index in [2.05, 4.69) is 31.9 Å². The summed E-state index contributed by atoms with van der Waals surface area (Å²) in [7, 11) is 1.70. The quantitative estimate of drug-likeness (QED) is 0.836. The van der Waals surface area contributed by atoms with Gasteiger partial charge in [-0.3, -0.25) is 14.7 Å². The Bertz CT molecular complexity index is 835. The van der Waals surface area contributed by atoms with Crippen LogP contribution in [0.2, 0.25) is 0 Å². The van der Waals surface area contributed by atoms with Crippen LogP contribution in [-0.4, -0.2) is 64.5 Å². The van der Waals surface area contributed by atoms with Crippen molar-refractivity contribution in [3.05, 3.63) is 54.1 Å². The fourth-order valence-corrected chi connectivity index (χ4v) is 5.38. The van der Waals surface area contributed by atoms with Crippen LogP contribution in [0.4, 0.5) is 0 Å². The molecule has 4 aliphatic heterocycles. The monoisotopic (exact) mass is 364 g/mol. The van der Waals surface area contributed by atoms with Crippen LogP contribution in [0.3, 0.4) is 0 Å². The predicted octanol–water partition coefficient (Wildman–Crippen LogP) is 2.19. The number of amides is 1. The zero-order valence-corrected chi connectivity index (χ0v) is 15.5. The third kappa shape index (κ3) is 2.70. The van der Waals surface area contributed by atoms with Crippen molar-refractivity contribution < 1.29 is 9.53 Å². The maximum absolute atomic E-state index is 13.3. The second-order valence-electron chi connectivity index (χ2n) is 7.79. The molecule has 0 spiro atoms. The zero-order valence-electron chi connectivity index (χ0n) is 15.5. The van der Waals surface area contributed by atoms with E-state index in [0.717, 1.165) is 25.4 Å². The number of nitrogens with zero attached hydrogens (tertiary/aromatic N) is 4. The van der Waals surface area contributed by atoms with Crippen LogP contribution in [0, 0.1) is 5.92 Å². The third-order valence-electron chi connectivity index (χ3n) is 6.56. The molecule has 0 radical (unpaired) electrons. The molecule has 0 saturated carbocycles. The lowest BCUT2D eigenvalue weighted by Gasteiger charge is -2.51. The number of rotatable bonds is 3. The van der Waals surface area contributed by atoms with Gasteiger partial charge in [0.05, 0.1) is 19.3 Å². The van der Waals surface area contributed by atoms with Crippen molar-refractivity contribution in [2.24, 2.45) is 5.92 Å². The van der Waals surface area contributed by atoms with Crippen molar-refractivity contribution in [2.75, 3.05) is 26.7 Å². The van der Waals surface area contributed by atoms with Gasteiger partial charge in [0.1, 0.15) is 11.4 Å². The fourth-order valence-electron chi connectivity index (χ4n) is 5.38. The number of carbonyl (C=O) groups is 1. The van der Waals surface area contributed by atoms with E-state index in [-0.39, 0.29) is 11.9 Å². The predicted molar refractivity (Wildman–Crippen MR) is 101 cm³/mol. The molecule has 4 saturated heterocycles. The van der Waals surface area contributed by atoms with Crippen molar-refractivity contribution in [1.29, 1.82) is 0 Å². The molecular weight excluding hydrogens is 340 g/mol. The Balaban J connectivity index is 1.53. The van der Waals surface area contributed by atoms with Crippen LogP contribution in [0.25, 0.3) is 0 Å². The SMILES string of the molecule is COc1cccc([C@H]2CN(C(=O)c3cnccn3)[C@@H]3C4CCN(CC4)[C@H]23)c1. The summed E-state index contributed by atoms with van der Waals surface area (Å²) in [6, 6.07) is 8.97. The Labute approximate surface area is 159 Å². The van der Waals surface area contributed by atoms with E-state index in [4.69, 9.17) is 4.74 Å². The average Bonchev–Trinajstić information content (AvgIpc) is 3.18. The lowest BCUT2D eigenvalue weighted by molar-refractivity contribution is -0.00360. The summed E-state index contributed by atoms with van der Waals surface area (Å²) >= 11 is 0. The molecule has 6 rings (SSSR count). The molecule has 2 aromatic rings. The molecule has 0 N–H and O–H groups in total. The molecule has 1 amide bonds. The first-order valence-corrected chi connectivity index (χ1v) is 9.71. The van der Waals surface area contributed by atoms with Crippen LogP contribution in [0.15, 0.2) is 42.9 Å². The molecular formula is C21H24N4O2. The molecule has 0 unspecified atom stereocenters. The topological polar surface area (TPSA) is 58.6 Å². The van der Waals surface area contributed by atoms with Gasteiger partial charge in [-0.1, -0.05) is 12.1 Å². The van der Waals surface area contributed by atoms with E-state index in [1.54, 1.807) is 25.7 Å². The minimum Gasteiger partial charge on any atom is -0.497 e. The standard InChI is InChI=1S/C21H24N4O2/c1-27-16-4-2-3-15(11-16)17-13-25(21(26)18-12-22-7-8-23-18)19-14-5-9-24(10-6-14)20(17)19/h2-4,7-8,11-12,14,17,19-20H,5-6,9-10,13H2,1H3/t17-,19-,20-/m1/s1. The van der Waals surface area contributed by atoms with Gasteiger partial charge in [0, 0.05) is 30.9 Å². The first-order chi connectivity index (χ1) is 13.3. The van der Waals surface area contributed by atoms with E-state index in [1.807, 2.05) is 12.1 Å². The first-order valence-electron chi connectivity index (χ1n) is 9.71. The van der Waals surface area contributed by atoms with Crippen molar-refractivity contribution in [2.45, 2.75) is 30.8 Å². The number of benzene rings is 1. The van der Waals surface area contributed by atoms with Gasteiger partial charge in [-0.25, -0.2) is 4.98 Å². The Morgan fingerprint density at radius 3 is 2.78 bits per heavy atom. The number of carbonyl (C=O) groups excluding carboxylic acids is 1. The molecule has 2 bridgehead atoms. The van der Waals surface area contributed by atoms with Crippen molar-refractivity contribution >= 4 is 5.91 Å². The van der Waals surface area contributed by atoms with E-state index in [0.29, 0.717) is 23.6 Å². The molecule has 1 aromatic heterocycles. The number of hydrogen-bond donors (Lipinski definition) is 0. The highest BCUT2D eigenvalue weighted by atomic mass is 16.5. The highest BCUT2D eigenvalue weighted by Crippen LogP contribution is 2.47. The lowest BCUT2D eigenvalue weighted by Crippen LogP contribution is -2.60. The average molecular weight is 364 g/mol. The van der Waals surface area contributed by atoms with Crippen LogP contribution in [-0.2, 0) is 0 Å². The summed E-state index contributed by atoms with van der Waals surface area (Å²) in [5.74, 6) is 1.76. The summed E-state index contributed by atoms with van der Waals surface area (Å²) in [5.41, 5.74) is 1.70. The van der Waals surface area contributed by atoms with Crippen LogP contribution in [0.5, 0.6) is 5.75 Å². The summed E-state index contributed by atoms with van der Waals surface area (Å²) in [5, 5.41) is 0. The van der Waals surface area contributed by atoms with Crippen molar-refractivity contribution in [1.82, 2.24) is 19.8 Å². The molecule has 4 fully saturated rings. The van der Waals surface area contributed by atoms with E-state index in [1.165, 1.54) is 18.4 Å². The van der Waals surface area contributed by atoms with Crippen molar-refractivity contribution in [3.8, 4) is 5.75 Å². The molecule has 5 heterocycles. The van der Waals surface area contributed by atoms with Gasteiger partial charge in [-0.05, 0) is 49.5 Å². The maximum atomic E-state index is 13.3. The summed E-state index contributed by atoms with van der Waals surface area (Å²) in [6.45, 7) is 3.00. The molecule has 6 nitrogen and oxygen atoms in total. The minimum atomic E-state index is 0.0113. The fraction of sp³-hybridized carbons (Fsp3) is 0.476. The molecule has 140 valence electrons. The van der Waals surface area contributed by atoms with Crippen molar-refractivity contribution in [3.63, 3.8) is 0 Å². The van der Waals surface area contributed by atoms with Gasteiger partial charge in [0.25, 0.3) is 5.91 Å². The number of ether oxygens (including phenoxy) is 1. The van der Waals surface area contributed by atoms with Gasteiger partial charge in [-0.2, -0.15) is 0 Å². The number of methoxy groups -OCH3 is 1. The van der Waals surface area contributed by atoms with Gasteiger partial charge in [0.15, 0.2) is 0 Å². The zero-order chi connectivity index (χ0) is 18.4. The van der Waals surface area contributed by atoms with Gasteiger partial charge in [-0.15, -0.1) is 0 Å². The Kier molecular flexibility index (Phi) is 4.08. The number of piperidine rings is 3. The van der Waals surface area contributed by atoms with E-state index in [9.17, 15) is 4.79 Å². The number of aromatic nitrogens is 2. The summed E-state index contributed by atoms with van der Waals surface area (Å²) < 4.78 is 5.44. The summed E-state index contributed by atoms with van der Waals surface area (Å²) in [4.78, 5) is 26.3. The number of likely N-dealkylation sites (tertiary alicyclic amines) is 1. The minimum absolute atomic E-state index is 0.0113. The van der Waals surface area contributed by atoms with Crippen LogP contribution < -0.4 is 4.74 Å². The van der Waals surface area contributed by atoms with Crippen LogP contribution >= 0.6 is 0 Å². The number of fused-ring (bicyclic) bond motifs is 2. The van der Waals surface area contributed by atoms with Gasteiger partial charge < -0.3 is 9.64 Å². The normalized spacial score (nSPS) is 31.6. The molecule has 3 atom stereocenters. The largest absolute Gasteiger partial charge is 0.497 e. The molecule has 6 heteroatoms. The second kappa shape index (κ2) is 6.60. The van der Waals surface area contributed by atoms with Gasteiger partial charge >= 0.3 is 0 Å². The Hall–Kier alpha value is -2.47. The maximum Gasteiger partial charge on any atom is 0.274 e. The highest BCUT2D eigenvalue weighted by molar-refractivity contribution is 5.92. The Morgan fingerprint density at radius 1 is 1.19 bits per heavy atom. The number of hydrogen-bond acceptors (Lipinski definition) is 5. The first kappa shape index (κ1) is 16.7. The van der Waals surface area contributed by atoms with E-state index < -0.39 is 0 Å². The lowest BCUT2D eigenvalue weighted by atomic mass is 9.75. The molecule has 27 heavy (non-hydrogen) atoms. The van der Waals surface area contributed by atoms with Gasteiger partial charge in [0.2, 0.25) is 0 Å². The molecule has 1 aromatic carbocycles. The smallest absolute Gasteiger partial charge is 0.274 e. The van der Waals surface area contributed by atoms with E-state index >= 15 is 0 Å². The summed E-state index contributed by atoms with van der Waals surface area (Å²) in [6.07, 6.45) is 7.14. The highest BCUT2D eigenvalue weighted by Gasteiger charge is 2.54.